The molecule has 0 radical (unpaired) electrons. The number of rotatable bonds is 7. The molecular formula is C18H21ClN2O3. The van der Waals surface area contributed by atoms with Crippen LogP contribution in [0, 0.1) is 6.92 Å². The van der Waals surface area contributed by atoms with Crippen molar-refractivity contribution in [2.45, 2.75) is 13.3 Å². The lowest BCUT2D eigenvalue weighted by atomic mass is 10.2. The highest BCUT2D eigenvalue weighted by molar-refractivity contribution is 6.31. The van der Waals surface area contributed by atoms with Crippen molar-refractivity contribution in [2.75, 3.05) is 31.4 Å². The maximum absolute atomic E-state index is 12.1. The summed E-state index contributed by atoms with van der Waals surface area (Å²) in [6.45, 7) is 2.38. The molecule has 2 N–H and O–H groups in total. The number of hydrogen-bond acceptors (Lipinski definition) is 4. The number of halogens is 1. The van der Waals surface area contributed by atoms with Gasteiger partial charge in [0.15, 0.2) is 0 Å². The third-order valence-electron chi connectivity index (χ3n) is 3.51. The van der Waals surface area contributed by atoms with E-state index in [1.807, 2.05) is 31.2 Å². The van der Waals surface area contributed by atoms with Gasteiger partial charge >= 0.3 is 0 Å². The molecule has 24 heavy (non-hydrogen) atoms. The predicted octanol–water partition coefficient (Wildman–Crippen LogP) is 4.11. The molecule has 5 nitrogen and oxygen atoms in total. The monoisotopic (exact) mass is 348 g/mol. The molecule has 0 bridgehead atoms. The van der Waals surface area contributed by atoms with E-state index >= 15 is 0 Å². The van der Waals surface area contributed by atoms with Gasteiger partial charge in [0, 0.05) is 35.8 Å². The van der Waals surface area contributed by atoms with Gasteiger partial charge in [0.2, 0.25) is 5.91 Å². The Bertz CT molecular complexity index is 719. The van der Waals surface area contributed by atoms with Crippen LogP contribution in [-0.4, -0.2) is 26.7 Å². The molecule has 2 rings (SSSR count). The van der Waals surface area contributed by atoms with Crippen molar-refractivity contribution in [3.63, 3.8) is 0 Å². The van der Waals surface area contributed by atoms with Crippen molar-refractivity contribution in [2.24, 2.45) is 0 Å². The van der Waals surface area contributed by atoms with Gasteiger partial charge in [-0.1, -0.05) is 17.7 Å². The number of methoxy groups -OCH3 is 2. The Morgan fingerprint density at radius 1 is 1.17 bits per heavy atom. The Kier molecular flexibility index (Phi) is 6.32. The van der Waals surface area contributed by atoms with Gasteiger partial charge in [-0.05, 0) is 30.7 Å². The van der Waals surface area contributed by atoms with Crippen LogP contribution in [0.25, 0.3) is 0 Å². The molecule has 0 heterocycles. The summed E-state index contributed by atoms with van der Waals surface area (Å²) in [6.07, 6.45) is 0.321. The molecule has 0 saturated heterocycles. The molecule has 0 atom stereocenters. The summed E-state index contributed by atoms with van der Waals surface area (Å²) in [5.41, 5.74) is 2.40. The standard InChI is InChI=1S/C18H21ClN2O3/c1-12-9-16(17(24-3)11-15(12)19)21-18(22)7-8-20-13-5-4-6-14(10-13)23-2/h4-6,9-11,20H,7-8H2,1-3H3,(H,21,22). The summed E-state index contributed by atoms with van der Waals surface area (Å²) in [5, 5.41) is 6.64. The molecular weight excluding hydrogens is 328 g/mol. The molecule has 6 heteroatoms. The zero-order valence-electron chi connectivity index (χ0n) is 14.0. The van der Waals surface area contributed by atoms with Crippen LogP contribution >= 0.6 is 11.6 Å². The second-order valence-electron chi connectivity index (χ2n) is 5.26. The molecule has 0 unspecified atom stereocenters. The Balaban J connectivity index is 1.90. The third-order valence-corrected chi connectivity index (χ3v) is 3.91. The maximum Gasteiger partial charge on any atom is 0.226 e. The Morgan fingerprint density at radius 2 is 1.96 bits per heavy atom. The maximum atomic E-state index is 12.1. The Labute approximate surface area is 146 Å². The average molecular weight is 349 g/mol. The smallest absolute Gasteiger partial charge is 0.226 e. The van der Waals surface area contributed by atoms with Gasteiger partial charge in [-0.3, -0.25) is 4.79 Å². The van der Waals surface area contributed by atoms with E-state index in [4.69, 9.17) is 21.1 Å². The lowest BCUT2D eigenvalue weighted by molar-refractivity contribution is -0.115. The number of ether oxygens (including phenoxy) is 2. The molecule has 0 aromatic heterocycles. The number of anilines is 2. The van der Waals surface area contributed by atoms with E-state index in [2.05, 4.69) is 10.6 Å². The van der Waals surface area contributed by atoms with Gasteiger partial charge in [-0.25, -0.2) is 0 Å². The van der Waals surface area contributed by atoms with Crippen LogP contribution in [-0.2, 0) is 4.79 Å². The summed E-state index contributed by atoms with van der Waals surface area (Å²) < 4.78 is 10.4. The number of nitrogens with one attached hydrogen (secondary N) is 2. The quantitative estimate of drug-likeness (QED) is 0.790. The van der Waals surface area contributed by atoms with Crippen LogP contribution in [0.5, 0.6) is 11.5 Å². The van der Waals surface area contributed by atoms with E-state index in [0.29, 0.717) is 29.4 Å². The van der Waals surface area contributed by atoms with Crippen LogP contribution in [0.2, 0.25) is 5.02 Å². The zero-order valence-corrected chi connectivity index (χ0v) is 14.7. The Morgan fingerprint density at radius 3 is 2.67 bits per heavy atom. The van der Waals surface area contributed by atoms with Gasteiger partial charge in [0.1, 0.15) is 11.5 Å². The van der Waals surface area contributed by atoms with Gasteiger partial charge in [-0.2, -0.15) is 0 Å². The number of hydrogen-bond donors (Lipinski definition) is 2. The van der Waals surface area contributed by atoms with Gasteiger partial charge in [0.05, 0.1) is 19.9 Å². The van der Waals surface area contributed by atoms with Crippen LogP contribution in [0.1, 0.15) is 12.0 Å². The van der Waals surface area contributed by atoms with Crippen LogP contribution in [0.4, 0.5) is 11.4 Å². The molecule has 128 valence electrons. The number of carbonyl (C=O) groups is 1. The Hall–Kier alpha value is -2.40. The number of amides is 1. The summed E-state index contributed by atoms with van der Waals surface area (Å²) in [6, 6.07) is 11.1. The summed E-state index contributed by atoms with van der Waals surface area (Å²) in [4.78, 5) is 12.1. The normalized spacial score (nSPS) is 10.2. The predicted molar refractivity (Wildman–Crippen MR) is 97.5 cm³/mol. The van der Waals surface area contributed by atoms with E-state index in [1.165, 1.54) is 0 Å². The van der Waals surface area contributed by atoms with Crippen molar-refractivity contribution in [3.05, 3.63) is 47.0 Å². The fraction of sp³-hybridized carbons (Fsp3) is 0.278. The van der Waals surface area contributed by atoms with Gasteiger partial charge in [-0.15, -0.1) is 0 Å². The lowest BCUT2D eigenvalue weighted by Crippen LogP contribution is -2.16. The molecule has 0 saturated carbocycles. The van der Waals surface area contributed by atoms with E-state index in [0.717, 1.165) is 17.0 Å². The fourth-order valence-corrected chi connectivity index (χ4v) is 2.35. The molecule has 0 fully saturated rings. The van der Waals surface area contributed by atoms with E-state index < -0.39 is 0 Å². The van der Waals surface area contributed by atoms with E-state index in [1.54, 1.807) is 26.4 Å². The molecule has 2 aromatic carbocycles. The van der Waals surface area contributed by atoms with Crippen molar-refractivity contribution in [1.82, 2.24) is 0 Å². The van der Waals surface area contributed by atoms with Crippen molar-refractivity contribution in [3.8, 4) is 11.5 Å². The van der Waals surface area contributed by atoms with Crippen molar-refractivity contribution >= 4 is 28.9 Å². The number of carbonyl (C=O) groups excluding carboxylic acids is 1. The first-order valence-electron chi connectivity index (χ1n) is 7.55. The number of benzene rings is 2. The first-order valence-corrected chi connectivity index (χ1v) is 7.93. The number of aryl methyl sites for hydroxylation is 1. The molecule has 2 aromatic rings. The minimum Gasteiger partial charge on any atom is -0.497 e. The highest BCUT2D eigenvalue weighted by Crippen LogP contribution is 2.31. The second-order valence-corrected chi connectivity index (χ2v) is 5.67. The first-order chi connectivity index (χ1) is 11.5. The second kappa shape index (κ2) is 8.45. The summed E-state index contributed by atoms with van der Waals surface area (Å²) >= 11 is 6.06. The van der Waals surface area contributed by atoms with E-state index in [9.17, 15) is 4.79 Å². The van der Waals surface area contributed by atoms with Gasteiger partial charge < -0.3 is 20.1 Å². The van der Waals surface area contributed by atoms with Crippen molar-refractivity contribution in [1.29, 1.82) is 0 Å². The SMILES string of the molecule is COc1cccc(NCCC(=O)Nc2cc(C)c(Cl)cc2OC)c1. The van der Waals surface area contributed by atoms with E-state index in [-0.39, 0.29) is 5.91 Å². The third kappa shape index (κ3) is 4.80. The van der Waals surface area contributed by atoms with Crippen LogP contribution in [0.15, 0.2) is 36.4 Å². The largest absolute Gasteiger partial charge is 0.497 e. The van der Waals surface area contributed by atoms with Crippen LogP contribution < -0.4 is 20.1 Å². The van der Waals surface area contributed by atoms with Crippen LogP contribution in [0.3, 0.4) is 0 Å². The highest BCUT2D eigenvalue weighted by atomic mass is 35.5. The first kappa shape index (κ1) is 17.9. The molecule has 0 aliphatic rings. The summed E-state index contributed by atoms with van der Waals surface area (Å²) in [5.74, 6) is 1.20. The molecule has 0 aliphatic heterocycles. The minimum absolute atomic E-state index is 0.106. The lowest BCUT2D eigenvalue weighted by Gasteiger charge is -2.13. The topological polar surface area (TPSA) is 59.6 Å². The fourth-order valence-electron chi connectivity index (χ4n) is 2.20. The minimum atomic E-state index is -0.106. The molecule has 0 spiro atoms. The average Bonchev–Trinajstić information content (AvgIpc) is 2.58. The van der Waals surface area contributed by atoms with Gasteiger partial charge in [0.25, 0.3) is 0 Å². The molecule has 1 amide bonds. The zero-order chi connectivity index (χ0) is 17.5. The van der Waals surface area contributed by atoms with Crippen molar-refractivity contribution < 1.29 is 14.3 Å². The molecule has 0 aliphatic carbocycles. The summed E-state index contributed by atoms with van der Waals surface area (Å²) in [7, 11) is 3.16. The highest BCUT2D eigenvalue weighted by Gasteiger charge is 2.10.